The molecule has 1 aromatic heterocycles. The zero-order valence-electron chi connectivity index (χ0n) is 17.3. The van der Waals surface area contributed by atoms with Crippen LogP contribution in [0.4, 0.5) is 0 Å². The van der Waals surface area contributed by atoms with Crippen LogP contribution >= 0.6 is 0 Å². The van der Waals surface area contributed by atoms with Crippen molar-refractivity contribution in [2.45, 2.75) is 6.54 Å². The van der Waals surface area contributed by atoms with E-state index in [0.29, 0.717) is 0 Å². The maximum absolute atomic E-state index is 5.27. The molecule has 3 nitrogen and oxygen atoms in total. The second kappa shape index (κ2) is 12.1. The summed E-state index contributed by atoms with van der Waals surface area (Å²) >= 11 is 0. The Balaban J connectivity index is 0.000000401. The van der Waals surface area contributed by atoms with E-state index in [-0.39, 0.29) is 17.1 Å². The van der Waals surface area contributed by atoms with Gasteiger partial charge in [0, 0.05) is 11.5 Å². The topological polar surface area (TPSA) is 27.1 Å². The molecule has 0 N–H and O–H groups in total. The summed E-state index contributed by atoms with van der Waals surface area (Å²) in [6, 6.07) is 20.7. The first-order chi connectivity index (χ1) is 14.8. The first-order valence-electron chi connectivity index (χ1n) is 9.98. The van der Waals surface area contributed by atoms with E-state index in [2.05, 4.69) is 60.0 Å². The van der Waals surface area contributed by atoms with E-state index < -0.39 is 0 Å². The predicted molar refractivity (Wildman–Crippen MR) is 121 cm³/mol. The van der Waals surface area contributed by atoms with Crippen LogP contribution in [-0.2, 0) is 23.6 Å². The van der Waals surface area contributed by atoms with Gasteiger partial charge in [0.05, 0.1) is 25.0 Å². The van der Waals surface area contributed by atoms with Crippen molar-refractivity contribution >= 4 is 0 Å². The summed E-state index contributed by atoms with van der Waals surface area (Å²) in [6.45, 7) is 0.739. The summed E-state index contributed by atoms with van der Waals surface area (Å²) in [5.74, 6) is 2.00. The number of rotatable bonds is 5. The van der Waals surface area contributed by atoms with Crippen molar-refractivity contribution in [1.82, 2.24) is 9.78 Å². The number of hydrogen-bond acceptors (Lipinski definition) is 2. The SMILES string of the molecule is COc1ccc(-c2cc([C]3[CH][CH][CH][CH]3)nn2Cc2ccccc2)cc1.[CH]1[CH][CH][CH][CH]1.[Fe+2]. The minimum Gasteiger partial charge on any atom is -0.497 e. The van der Waals surface area contributed by atoms with Gasteiger partial charge in [-0.05, 0) is 93.7 Å². The molecule has 4 heteroatoms. The minimum absolute atomic E-state index is 0. The van der Waals surface area contributed by atoms with Crippen molar-refractivity contribution in [3.05, 3.63) is 136 Å². The molecule has 154 valence electrons. The van der Waals surface area contributed by atoms with Crippen LogP contribution in [0.1, 0.15) is 11.3 Å². The first-order valence-corrected chi connectivity index (χ1v) is 9.98. The van der Waals surface area contributed by atoms with Gasteiger partial charge < -0.3 is 4.74 Å². The molecule has 10 radical (unpaired) electrons. The Kier molecular flexibility index (Phi) is 9.24. The molecular formula is C27H24FeN2O+2. The van der Waals surface area contributed by atoms with E-state index >= 15 is 0 Å². The average Bonchev–Trinajstić information content (AvgIpc) is 3.58. The largest absolute Gasteiger partial charge is 2.00 e. The molecule has 2 fully saturated rings. The molecule has 0 atom stereocenters. The number of methoxy groups -OCH3 is 1. The third kappa shape index (κ3) is 6.48. The molecule has 3 aromatic rings. The van der Waals surface area contributed by atoms with Gasteiger partial charge in [0.25, 0.3) is 0 Å². The Bertz CT molecular complexity index is 887. The fourth-order valence-corrected chi connectivity index (χ4v) is 3.29. The normalized spacial score (nSPS) is 15.8. The summed E-state index contributed by atoms with van der Waals surface area (Å²) in [6.07, 6.45) is 18.3. The number of ether oxygens (including phenoxy) is 1. The summed E-state index contributed by atoms with van der Waals surface area (Å²) in [5, 5.41) is 4.85. The fourth-order valence-electron chi connectivity index (χ4n) is 3.29. The molecule has 0 spiro atoms. The zero-order valence-corrected chi connectivity index (χ0v) is 18.4. The second-order valence-corrected chi connectivity index (χ2v) is 6.92. The van der Waals surface area contributed by atoms with Crippen LogP contribution in [0.2, 0.25) is 0 Å². The third-order valence-electron chi connectivity index (χ3n) is 4.85. The Hall–Kier alpha value is -2.03. The summed E-state index contributed by atoms with van der Waals surface area (Å²) < 4.78 is 7.34. The van der Waals surface area contributed by atoms with Crippen molar-refractivity contribution < 1.29 is 21.8 Å². The monoisotopic (exact) mass is 448 g/mol. The molecule has 0 aliphatic heterocycles. The van der Waals surface area contributed by atoms with Crippen molar-refractivity contribution in [2.24, 2.45) is 0 Å². The van der Waals surface area contributed by atoms with Crippen LogP contribution in [0.3, 0.4) is 0 Å². The van der Waals surface area contributed by atoms with Gasteiger partial charge in [0.2, 0.25) is 0 Å². The molecule has 2 saturated carbocycles. The number of hydrogen-bond donors (Lipinski definition) is 0. The minimum atomic E-state index is 0. The van der Waals surface area contributed by atoms with Gasteiger partial charge in [-0.1, -0.05) is 30.3 Å². The summed E-state index contributed by atoms with van der Waals surface area (Å²) in [5.41, 5.74) is 4.45. The number of aromatic nitrogens is 2. The van der Waals surface area contributed by atoms with Crippen LogP contribution in [0, 0.1) is 63.7 Å². The van der Waals surface area contributed by atoms with E-state index in [1.165, 1.54) is 5.56 Å². The molecule has 0 amide bonds. The number of benzene rings is 2. The quantitative estimate of drug-likeness (QED) is 0.490. The molecule has 5 rings (SSSR count). The zero-order chi connectivity index (χ0) is 20.6. The average molecular weight is 448 g/mol. The molecule has 2 aromatic carbocycles. The van der Waals surface area contributed by atoms with Crippen molar-refractivity contribution in [3.63, 3.8) is 0 Å². The van der Waals surface area contributed by atoms with E-state index in [0.717, 1.165) is 35.2 Å². The standard InChI is InChI=1S/C22H19N2O.C5H5.Fe/c1-25-20-13-11-19(12-14-20)22-15-21(18-9-5-6-10-18)23-24(22)16-17-7-3-2-4-8-17;1-2-4-5-3-1;/h2-15H,16H2,1H3;1-5H;/q;;+2. The molecule has 0 saturated heterocycles. The molecule has 0 unspecified atom stereocenters. The van der Waals surface area contributed by atoms with Gasteiger partial charge in [-0.3, -0.25) is 4.68 Å². The van der Waals surface area contributed by atoms with E-state index in [1.54, 1.807) is 7.11 Å². The Morgan fingerprint density at radius 2 is 1.39 bits per heavy atom. The Labute approximate surface area is 197 Å². The maximum Gasteiger partial charge on any atom is 2.00 e. The Morgan fingerprint density at radius 1 is 0.774 bits per heavy atom. The Morgan fingerprint density at radius 3 is 1.97 bits per heavy atom. The fraction of sp³-hybridized carbons (Fsp3) is 0.0741. The van der Waals surface area contributed by atoms with Crippen molar-refractivity contribution in [2.75, 3.05) is 7.11 Å². The van der Waals surface area contributed by atoms with Gasteiger partial charge in [-0.25, -0.2) is 0 Å². The van der Waals surface area contributed by atoms with E-state index in [9.17, 15) is 0 Å². The van der Waals surface area contributed by atoms with Crippen LogP contribution in [0.5, 0.6) is 5.75 Å². The van der Waals surface area contributed by atoms with Gasteiger partial charge in [0.15, 0.2) is 0 Å². The molecule has 1 heterocycles. The van der Waals surface area contributed by atoms with E-state index in [4.69, 9.17) is 9.84 Å². The van der Waals surface area contributed by atoms with Crippen LogP contribution in [-0.4, -0.2) is 16.9 Å². The maximum atomic E-state index is 5.27. The molecule has 0 bridgehead atoms. The molecule has 2 aliphatic rings. The van der Waals surface area contributed by atoms with Crippen molar-refractivity contribution in [1.29, 1.82) is 0 Å². The molecule has 31 heavy (non-hydrogen) atoms. The third-order valence-corrected chi connectivity index (χ3v) is 4.85. The number of nitrogens with zero attached hydrogens (tertiary/aromatic N) is 2. The van der Waals surface area contributed by atoms with Gasteiger partial charge >= 0.3 is 17.1 Å². The first kappa shape index (κ1) is 23.6. The molecular weight excluding hydrogens is 424 g/mol. The van der Waals surface area contributed by atoms with Crippen LogP contribution < -0.4 is 4.74 Å². The van der Waals surface area contributed by atoms with Gasteiger partial charge in [0.1, 0.15) is 5.75 Å². The van der Waals surface area contributed by atoms with Crippen molar-refractivity contribution in [3.8, 4) is 17.0 Å². The smallest absolute Gasteiger partial charge is 0.497 e. The predicted octanol–water partition coefficient (Wildman–Crippen LogP) is 5.38. The van der Waals surface area contributed by atoms with Gasteiger partial charge in [-0.15, -0.1) is 0 Å². The second-order valence-electron chi connectivity index (χ2n) is 6.92. The van der Waals surface area contributed by atoms with Crippen LogP contribution in [0.15, 0.2) is 60.7 Å². The molecule has 2 aliphatic carbocycles. The van der Waals surface area contributed by atoms with Gasteiger partial charge in [-0.2, -0.15) is 5.10 Å². The summed E-state index contributed by atoms with van der Waals surface area (Å²) in [7, 11) is 1.68. The van der Waals surface area contributed by atoms with Crippen LogP contribution in [0.25, 0.3) is 11.3 Å². The van der Waals surface area contributed by atoms with E-state index in [1.807, 2.05) is 63.1 Å². The summed E-state index contributed by atoms with van der Waals surface area (Å²) in [4.78, 5) is 0.